The monoisotopic (exact) mass is 596 g/mol. The summed E-state index contributed by atoms with van der Waals surface area (Å²) in [6.07, 6.45) is 2.27. The van der Waals surface area contributed by atoms with Gasteiger partial charge in [-0.2, -0.15) is 0 Å². The second-order valence-corrected chi connectivity index (χ2v) is 12.9. The van der Waals surface area contributed by atoms with Gasteiger partial charge in [-0.1, -0.05) is 11.6 Å². The zero-order valence-electron chi connectivity index (χ0n) is 18.8. The van der Waals surface area contributed by atoms with E-state index in [9.17, 15) is 19.8 Å². The molecular formula is C23H24ClIN5O4-. The van der Waals surface area contributed by atoms with Gasteiger partial charge in [0.15, 0.2) is 0 Å². The van der Waals surface area contributed by atoms with Crippen molar-refractivity contribution in [2.75, 3.05) is 16.8 Å². The topological polar surface area (TPSA) is 120 Å². The summed E-state index contributed by atoms with van der Waals surface area (Å²) in [5.74, 6) is -0.506. The van der Waals surface area contributed by atoms with Crippen LogP contribution >= 0.6 is 11.6 Å². The van der Waals surface area contributed by atoms with Gasteiger partial charge in [-0.3, -0.25) is 0 Å². The summed E-state index contributed by atoms with van der Waals surface area (Å²) in [7, 11) is 0. The van der Waals surface area contributed by atoms with Crippen molar-refractivity contribution in [1.29, 1.82) is 0 Å². The Morgan fingerprint density at radius 2 is 2.09 bits per heavy atom. The number of aliphatic hydroxyl groups excluding tert-OH is 1. The molecule has 0 radical (unpaired) electrons. The minimum absolute atomic E-state index is 0.0952. The fourth-order valence-corrected chi connectivity index (χ4v) is 8.99. The molecule has 2 bridgehead atoms. The predicted molar refractivity (Wildman–Crippen MR) is 125 cm³/mol. The van der Waals surface area contributed by atoms with Gasteiger partial charge in [0.2, 0.25) is 0 Å². The van der Waals surface area contributed by atoms with E-state index in [4.69, 9.17) is 16.6 Å². The van der Waals surface area contributed by atoms with Crippen LogP contribution in [0.1, 0.15) is 46.6 Å². The molecule has 180 valence electrons. The quantitative estimate of drug-likeness (QED) is 0.158. The number of carboxylic acid groups (broad SMARTS) is 1. The van der Waals surface area contributed by atoms with Crippen LogP contribution in [0.5, 0.6) is 0 Å². The number of carboxylic acids is 1. The van der Waals surface area contributed by atoms with Crippen molar-refractivity contribution in [3.8, 4) is 0 Å². The van der Waals surface area contributed by atoms with E-state index in [1.54, 1.807) is 23.6 Å². The number of nitrogens with one attached hydrogen (secondary N) is 1. The molecule has 9 nitrogen and oxygen atoms in total. The molecular weight excluding hydrogens is 573 g/mol. The first-order valence-electron chi connectivity index (χ1n) is 10.9. The maximum atomic E-state index is 13.4. The number of pyridine rings is 2. The molecule has 5 rings (SSSR count). The molecule has 0 aromatic carbocycles. The van der Waals surface area contributed by atoms with Gasteiger partial charge in [0, 0.05) is 0 Å². The zero-order chi connectivity index (χ0) is 24.3. The Morgan fingerprint density at radius 3 is 2.74 bits per heavy atom. The first-order valence-corrected chi connectivity index (χ1v) is 13.8. The molecule has 34 heavy (non-hydrogen) atoms. The van der Waals surface area contributed by atoms with Crippen LogP contribution in [0.4, 0.5) is 11.5 Å². The van der Waals surface area contributed by atoms with E-state index in [1.807, 2.05) is 19.9 Å². The van der Waals surface area contributed by atoms with Gasteiger partial charge in [-0.05, 0) is 0 Å². The second-order valence-electron chi connectivity index (χ2n) is 8.77. The maximum absolute atomic E-state index is 13.4. The van der Waals surface area contributed by atoms with Crippen molar-refractivity contribution < 1.29 is 36.2 Å². The summed E-state index contributed by atoms with van der Waals surface area (Å²) < 4.78 is 2.17. The van der Waals surface area contributed by atoms with Crippen LogP contribution in [0.3, 0.4) is 0 Å². The number of nitrogens with zero attached hydrogens (tertiary/aromatic N) is 4. The number of halogens is 2. The summed E-state index contributed by atoms with van der Waals surface area (Å²) >= 11 is 5.72. The predicted octanol–water partition coefficient (Wildman–Crippen LogP) is -0.401. The van der Waals surface area contributed by atoms with Gasteiger partial charge in [0.1, 0.15) is 0 Å². The fourth-order valence-electron chi connectivity index (χ4n) is 4.66. The number of carbonyl (C=O) groups is 1. The second kappa shape index (κ2) is 8.65. The van der Waals surface area contributed by atoms with Crippen molar-refractivity contribution in [3.05, 3.63) is 62.3 Å². The van der Waals surface area contributed by atoms with Crippen molar-refractivity contribution in [1.82, 2.24) is 14.4 Å². The Bertz CT molecular complexity index is 1380. The normalized spacial score (nSPS) is 22.6. The van der Waals surface area contributed by atoms with E-state index in [0.717, 1.165) is 24.1 Å². The number of piperidine rings is 1. The molecule has 0 spiro atoms. The average Bonchev–Trinajstić information content (AvgIpc) is 3.36. The molecule has 2 aliphatic heterocycles. The van der Waals surface area contributed by atoms with E-state index >= 15 is 0 Å². The number of fused-ring (bicyclic) bond motifs is 3. The van der Waals surface area contributed by atoms with E-state index < -0.39 is 5.97 Å². The van der Waals surface area contributed by atoms with Crippen LogP contribution in [-0.4, -0.2) is 51.2 Å². The number of alkyl halides is 2. The third-order valence-electron chi connectivity index (χ3n) is 6.33. The number of aliphatic hydroxyl groups is 1. The molecule has 0 amide bonds. The molecule has 2 saturated heterocycles. The summed E-state index contributed by atoms with van der Waals surface area (Å²) in [5, 5.41) is 23.0. The third kappa shape index (κ3) is 3.91. The van der Waals surface area contributed by atoms with Crippen LogP contribution in [0, 0.1) is 13.8 Å². The Labute approximate surface area is 211 Å². The zero-order valence-corrected chi connectivity index (χ0v) is 21.7. The number of aryl methyl sites for hydroxylation is 1. The van der Waals surface area contributed by atoms with Gasteiger partial charge < -0.3 is 0 Å². The Kier molecular flexibility index (Phi) is 5.93. The van der Waals surface area contributed by atoms with Crippen LogP contribution in [0.2, 0.25) is 5.15 Å². The van der Waals surface area contributed by atoms with Crippen LogP contribution in [0.25, 0.3) is 5.65 Å². The Hall–Kier alpha value is -2.44. The summed E-state index contributed by atoms with van der Waals surface area (Å²) in [6.45, 7) is 6.33. The average molecular weight is 597 g/mol. The van der Waals surface area contributed by atoms with Gasteiger partial charge in [-0.25, -0.2) is 0 Å². The fraction of sp³-hybridized carbons (Fsp3) is 0.391. The van der Waals surface area contributed by atoms with E-state index in [-0.39, 0.29) is 53.8 Å². The first-order chi connectivity index (χ1) is 16.1. The van der Waals surface area contributed by atoms with E-state index in [0.29, 0.717) is 26.6 Å². The summed E-state index contributed by atoms with van der Waals surface area (Å²) in [6, 6.07) is 4.69. The molecule has 3 aromatic heterocycles. The van der Waals surface area contributed by atoms with Crippen LogP contribution in [0.15, 0.2) is 29.2 Å². The molecule has 3 N–H and O–H groups in total. The van der Waals surface area contributed by atoms with Gasteiger partial charge >= 0.3 is 200 Å². The standard InChI is InChI=1S/C23H24ClIN5O4/c1-10-6-13(12(3)26-15-4-5-17(24)27-19(15)23(33)34)21-28-20(11(2)22(32)30(21)8-10)29-9-14-16(31)7-18(29)25-14/h4-6,8,12,14,16,18,26,31H,7,9H2,1-3H3,(H,33,34)/q-1/t12-,14?,16-,18?/m1/s1. The molecule has 0 saturated carbocycles. The Morgan fingerprint density at radius 1 is 1.32 bits per heavy atom. The minimum atomic E-state index is -1.19. The SMILES string of the molecule is Cc1cc([C@@H](C)Nc2ccc(Cl)nc2C(=O)O)c2nc(N3CC4[I-]C3C[C@H]4O)c(C)c(=O)n2c1. The number of hydrogen-bond acceptors (Lipinski definition) is 7. The van der Waals surface area contributed by atoms with E-state index in [1.165, 1.54) is 6.07 Å². The molecule has 2 unspecified atom stereocenters. The first kappa shape index (κ1) is 23.3. The molecule has 11 heteroatoms. The molecule has 2 aliphatic rings. The number of aromatic carboxylic acids is 1. The van der Waals surface area contributed by atoms with Gasteiger partial charge in [0.05, 0.1) is 0 Å². The third-order valence-corrected chi connectivity index (χ3v) is 10.7. The van der Waals surface area contributed by atoms with Crippen molar-refractivity contribution in [2.45, 2.75) is 47.3 Å². The number of rotatable bonds is 5. The van der Waals surface area contributed by atoms with Crippen LogP contribution < -0.4 is 37.0 Å². The van der Waals surface area contributed by atoms with E-state index in [2.05, 4.69) is 15.2 Å². The molecule has 0 aliphatic carbocycles. The summed E-state index contributed by atoms with van der Waals surface area (Å²) in [5.41, 5.74) is 2.80. The van der Waals surface area contributed by atoms with Gasteiger partial charge in [0.25, 0.3) is 0 Å². The molecule has 3 aromatic rings. The van der Waals surface area contributed by atoms with Crippen molar-refractivity contribution in [2.24, 2.45) is 0 Å². The van der Waals surface area contributed by atoms with Crippen LogP contribution in [-0.2, 0) is 0 Å². The molecule has 4 atom stereocenters. The molecule has 5 heterocycles. The number of hydrogen-bond donors (Lipinski definition) is 3. The Balaban J connectivity index is 1.60. The number of anilines is 2. The van der Waals surface area contributed by atoms with Gasteiger partial charge in [-0.15, -0.1) is 0 Å². The molecule has 2 fully saturated rings. The number of aromatic nitrogens is 3. The van der Waals surface area contributed by atoms with Crippen molar-refractivity contribution in [3.63, 3.8) is 0 Å². The summed E-state index contributed by atoms with van der Waals surface area (Å²) in [4.78, 5) is 36.2. The van der Waals surface area contributed by atoms with Crippen molar-refractivity contribution >= 4 is 34.7 Å².